The van der Waals surface area contributed by atoms with Crippen LogP contribution in [0.3, 0.4) is 0 Å². The summed E-state index contributed by atoms with van der Waals surface area (Å²) >= 11 is 1.85. The third kappa shape index (κ3) is 6.63. The molecule has 2 N–H and O–H groups in total. The second-order valence-electron chi connectivity index (χ2n) is 8.67. The van der Waals surface area contributed by atoms with Gasteiger partial charge in [-0.2, -0.15) is 0 Å². The molecule has 1 aromatic heterocycles. The predicted octanol–water partition coefficient (Wildman–Crippen LogP) is 6.89. The lowest BCUT2D eigenvalue weighted by molar-refractivity contribution is 0.466. The maximum atomic E-state index is 10.6. The standard InChI is InChI=1S/C25H36N4OS/c1-5-7-8-19(6-2)17-26-20-9-12-24(25(30)15-20)29-27-22-11-10-21(16-23(22)28-29)31-14-13-18(3)4/h9-12,15-16,18-19,26,30H,5-8,13-14,17H2,1-4H3. The first kappa shape index (κ1) is 23.5. The van der Waals surface area contributed by atoms with Gasteiger partial charge in [-0.15, -0.1) is 26.8 Å². The molecule has 0 aliphatic rings. The number of nitrogens with zero attached hydrogens (tertiary/aromatic N) is 3. The Bertz CT molecular complexity index is 969. The molecule has 6 heteroatoms. The van der Waals surface area contributed by atoms with Gasteiger partial charge in [-0.3, -0.25) is 0 Å². The number of aromatic nitrogens is 3. The average molecular weight is 441 g/mol. The number of benzene rings is 2. The number of hydrogen-bond donors (Lipinski definition) is 2. The molecule has 0 aliphatic carbocycles. The first-order chi connectivity index (χ1) is 15.0. The van der Waals surface area contributed by atoms with Crippen LogP contribution in [0.2, 0.25) is 0 Å². The molecule has 0 aliphatic heterocycles. The largest absolute Gasteiger partial charge is 0.506 e. The van der Waals surface area contributed by atoms with Crippen LogP contribution in [0.5, 0.6) is 5.75 Å². The van der Waals surface area contributed by atoms with Crippen molar-refractivity contribution < 1.29 is 5.11 Å². The summed E-state index contributed by atoms with van der Waals surface area (Å²) in [5, 5.41) is 23.3. The number of unbranched alkanes of at least 4 members (excludes halogenated alkanes) is 1. The Balaban J connectivity index is 1.69. The lowest BCUT2D eigenvalue weighted by Crippen LogP contribution is -2.13. The summed E-state index contributed by atoms with van der Waals surface area (Å²) in [6.07, 6.45) is 6.10. The van der Waals surface area contributed by atoms with Gasteiger partial charge in [0.25, 0.3) is 0 Å². The summed E-state index contributed by atoms with van der Waals surface area (Å²) < 4.78 is 0. The number of fused-ring (bicyclic) bond motifs is 1. The van der Waals surface area contributed by atoms with E-state index < -0.39 is 0 Å². The van der Waals surface area contributed by atoms with E-state index in [0.717, 1.165) is 29.0 Å². The second kappa shape index (κ2) is 11.4. The Hall–Kier alpha value is -2.21. The molecule has 0 fully saturated rings. The maximum Gasteiger partial charge on any atom is 0.145 e. The Labute approximate surface area is 190 Å². The Morgan fingerprint density at radius 2 is 1.84 bits per heavy atom. The fourth-order valence-corrected chi connectivity index (χ4v) is 4.70. The van der Waals surface area contributed by atoms with Crippen molar-refractivity contribution in [3.8, 4) is 11.4 Å². The van der Waals surface area contributed by atoms with Crippen molar-refractivity contribution in [2.45, 2.75) is 64.7 Å². The van der Waals surface area contributed by atoms with Gasteiger partial charge in [-0.25, -0.2) is 0 Å². The highest BCUT2D eigenvalue weighted by Crippen LogP contribution is 2.28. The van der Waals surface area contributed by atoms with E-state index in [-0.39, 0.29) is 5.75 Å². The SMILES string of the molecule is CCCCC(CC)CNc1ccc(-n2nc3ccc(SCCC(C)C)cc3n2)c(O)c1. The summed E-state index contributed by atoms with van der Waals surface area (Å²) in [5.74, 6) is 2.65. The maximum absolute atomic E-state index is 10.6. The molecule has 1 unspecified atom stereocenters. The number of thioether (sulfide) groups is 1. The lowest BCUT2D eigenvalue weighted by Gasteiger charge is -2.16. The van der Waals surface area contributed by atoms with Gasteiger partial charge in [0.2, 0.25) is 0 Å². The van der Waals surface area contributed by atoms with Crippen LogP contribution in [0.15, 0.2) is 41.3 Å². The van der Waals surface area contributed by atoms with Crippen molar-refractivity contribution in [3.63, 3.8) is 0 Å². The van der Waals surface area contributed by atoms with Gasteiger partial charge in [0, 0.05) is 23.2 Å². The van der Waals surface area contributed by atoms with Crippen LogP contribution in [0, 0.1) is 11.8 Å². The van der Waals surface area contributed by atoms with Gasteiger partial charge < -0.3 is 10.4 Å². The Morgan fingerprint density at radius 1 is 1.03 bits per heavy atom. The van der Waals surface area contributed by atoms with E-state index in [9.17, 15) is 5.11 Å². The normalized spacial score (nSPS) is 12.5. The molecule has 0 radical (unpaired) electrons. The fraction of sp³-hybridized carbons (Fsp3) is 0.520. The van der Waals surface area contributed by atoms with Crippen molar-refractivity contribution in [3.05, 3.63) is 36.4 Å². The first-order valence-corrected chi connectivity index (χ1v) is 12.6. The Morgan fingerprint density at radius 3 is 2.55 bits per heavy atom. The van der Waals surface area contributed by atoms with E-state index in [1.54, 1.807) is 6.07 Å². The van der Waals surface area contributed by atoms with Gasteiger partial charge in [-0.1, -0.05) is 47.0 Å². The van der Waals surface area contributed by atoms with Crippen LogP contribution in [0.1, 0.15) is 59.8 Å². The van der Waals surface area contributed by atoms with Crippen LogP contribution in [-0.2, 0) is 0 Å². The molecule has 2 aromatic carbocycles. The molecule has 0 bridgehead atoms. The zero-order valence-corrected chi connectivity index (χ0v) is 20.1. The van der Waals surface area contributed by atoms with Crippen LogP contribution >= 0.6 is 11.8 Å². The summed E-state index contributed by atoms with van der Waals surface area (Å²) in [5.41, 5.74) is 3.19. The quantitative estimate of drug-likeness (QED) is 0.300. The number of hydrogen-bond acceptors (Lipinski definition) is 5. The van der Waals surface area contributed by atoms with Crippen LogP contribution in [0.4, 0.5) is 5.69 Å². The fourth-order valence-electron chi connectivity index (χ4n) is 3.51. The third-order valence-electron chi connectivity index (χ3n) is 5.64. The molecular formula is C25H36N4OS. The predicted molar refractivity (Wildman–Crippen MR) is 133 cm³/mol. The second-order valence-corrected chi connectivity index (χ2v) is 9.84. The number of anilines is 1. The lowest BCUT2D eigenvalue weighted by atomic mass is 9.99. The van der Waals surface area contributed by atoms with Crippen molar-refractivity contribution in [2.75, 3.05) is 17.6 Å². The van der Waals surface area contributed by atoms with Crippen LogP contribution in [-0.4, -0.2) is 32.4 Å². The number of aromatic hydroxyl groups is 1. The summed E-state index contributed by atoms with van der Waals surface area (Å²) in [4.78, 5) is 2.74. The van der Waals surface area contributed by atoms with E-state index in [0.29, 0.717) is 17.5 Å². The van der Waals surface area contributed by atoms with Crippen molar-refractivity contribution in [1.82, 2.24) is 15.0 Å². The van der Waals surface area contributed by atoms with Crippen molar-refractivity contribution >= 4 is 28.5 Å². The minimum Gasteiger partial charge on any atom is -0.506 e. The van der Waals surface area contributed by atoms with Crippen molar-refractivity contribution in [2.24, 2.45) is 11.8 Å². The monoisotopic (exact) mass is 440 g/mol. The number of phenolic OH excluding ortho intramolecular Hbond substituents is 1. The topological polar surface area (TPSA) is 63.0 Å². The zero-order chi connectivity index (χ0) is 22.2. The van der Waals surface area contributed by atoms with Gasteiger partial charge in [0.1, 0.15) is 22.5 Å². The number of phenols is 1. The molecule has 0 amide bonds. The molecule has 168 valence electrons. The van der Waals surface area contributed by atoms with Crippen LogP contribution < -0.4 is 5.32 Å². The molecule has 0 saturated carbocycles. The smallest absolute Gasteiger partial charge is 0.145 e. The molecule has 5 nitrogen and oxygen atoms in total. The number of nitrogens with one attached hydrogen (secondary N) is 1. The molecular weight excluding hydrogens is 404 g/mol. The minimum absolute atomic E-state index is 0.179. The van der Waals surface area contributed by atoms with Gasteiger partial charge >= 0.3 is 0 Å². The van der Waals surface area contributed by atoms with E-state index in [4.69, 9.17) is 0 Å². The van der Waals surface area contributed by atoms with Gasteiger partial charge in [0.15, 0.2) is 0 Å². The van der Waals surface area contributed by atoms with Gasteiger partial charge in [-0.05, 0) is 60.8 Å². The average Bonchev–Trinajstić information content (AvgIpc) is 3.16. The first-order valence-electron chi connectivity index (χ1n) is 11.6. The summed E-state index contributed by atoms with van der Waals surface area (Å²) in [6.45, 7) is 9.89. The number of rotatable bonds is 12. The van der Waals surface area contributed by atoms with Crippen LogP contribution in [0.25, 0.3) is 16.7 Å². The summed E-state index contributed by atoms with van der Waals surface area (Å²) in [7, 11) is 0. The van der Waals surface area contributed by atoms with E-state index in [1.165, 1.54) is 41.8 Å². The molecule has 31 heavy (non-hydrogen) atoms. The minimum atomic E-state index is 0.179. The Kier molecular flexibility index (Phi) is 8.64. The van der Waals surface area contributed by atoms with E-state index >= 15 is 0 Å². The van der Waals surface area contributed by atoms with Crippen molar-refractivity contribution in [1.29, 1.82) is 0 Å². The molecule has 1 atom stereocenters. The molecule has 0 spiro atoms. The highest BCUT2D eigenvalue weighted by molar-refractivity contribution is 7.99. The third-order valence-corrected chi connectivity index (χ3v) is 6.67. The highest BCUT2D eigenvalue weighted by atomic mass is 32.2. The highest BCUT2D eigenvalue weighted by Gasteiger charge is 2.11. The molecule has 1 heterocycles. The van der Waals surface area contributed by atoms with E-state index in [1.807, 2.05) is 30.0 Å². The molecule has 0 saturated heterocycles. The zero-order valence-electron chi connectivity index (χ0n) is 19.3. The van der Waals surface area contributed by atoms with Gasteiger partial charge in [0.05, 0.1) is 0 Å². The van der Waals surface area contributed by atoms with E-state index in [2.05, 4.69) is 55.3 Å². The summed E-state index contributed by atoms with van der Waals surface area (Å²) in [6, 6.07) is 11.8. The molecule has 3 aromatic rings. The molecule has 3 rings (SSSR count).